The van der Waals surface area contributed by atoms with Crippen LogP contribution in [0, 0.1) is 0 Å². The van der Waals surface area contributed by atoms with Gasteiger partial charge in [0.1, 0.15) is 5.75 Å². The van der Waals surface area contributed by atoms with Crippen LogP contribution in [0.1, 0.15) is 69.1 Å². The van der Waals surface area contributed by atoms with Gasteiger partial charge in [-0.15, -0.1) is 0 Å². The Labute approximate surface area is 188 Å². The van der Waals surface area contributed by atoms with Crippen LogP contribution in [0.25, 0.3) is 11.3 Å². The van der Waals surface area contributed by atoms with Gasteiger partial charge >= 0.3 is 0 Å². The minimum Gasteiger partial charge on any atom is -0.494 e. The van der Waals surface area contributed by atoms with E-state index in [-0.39, 0.29) is 0 Å². The maximum absolute atomic E-state index is 5.81. The van der Waals surface area contributed by atoms with Crippen molar-refractivity contribution in [3.8, 4) is 17.0 Å². The van der Waals surface area contributed by atoms with Gasteiger partial charge in [-0.2, -0.15) is 0 Å². The summed E-state index contributed by atoms with van der Waals surface area (Å²) in [7, 11) is 0. The lowest BCUT2D eigenvalue weighted by atomic mass is 10.0. The number of pyridine rings is 1. The first-order valence-electron chi connectivity index (χ1n) is 12.0. The van der Waals surface area contributed by atoms with E-state index < -0.39 is 0 Å². The summed E-state index contributed by atoms with van der Waals surface area (Å²) < 4.78 is 5.81. The van der Waals surface area contributed by atoms with Crippen molar-refractivity contribution in [1.29, 1.82) is 0 Å². The van der Waals surface area contributed by atoms with Crippen molar-refractivity contribution in [1.82, 2.24) is 4.98 Å². The fourth-order valence-electron chi connectivity index (χ4n) is 3.75. The van der Waals surface area contributed by atoms with Gasteiger partial charge in [0.2, 0.25) is 0 Å². The van der Waals surface area contributed by atoms with Gasteiger partial charge in [-0.05, 0) is 67.0 Å². The van der Waals surface area contributed by atoms with Crippen molar-refractivity contribution in [3.63, 3.8) is 0 Å². The molecule has 0 aliphatic heterocycles. The van der Waals surface area contributed by atoms with Gasteiger partial charge in [-0.3, -0.25) is 4.98 Å². The van der Waals surface area contributed by atoms with Crippen molar-refractivity contribution in [2.75, 3.05) is 6.61 Å². The first kappa shape index (κ1) is 23.1. The Morgan fingerprint density at radius 2 is 1.23 bits per heavy atom. The summed E-state index contributed by atoms with van der Waals surface area (Å²) in [6.45, 7) is 5.27. The number of aromatic nitrogens is 1. The van der Waals surface area contributed by atoms with Crippen LogP contribution in [-0.2, 0) is 19.3 Å². The Kier molecular flexibility index (Phi) is 9.63. The molecule has 0 aliphatic rings. The predicted molar refractivity (Wildman–Crippen MR) is 132 cm³/mol. The molecule has 164 valence electrons. The highest BCUT2D eigenvalue weighted by Gasteiger charge is 2.02. The summed E-state index contributed by atoms with van der Waals surface area (Å²) in [6, 6.07) is 21.8. The predicted octanol–water partition coefficient (Wildman–Crippen LogP) is 7.84. The molecule has 0 spiro atoms. The Morgan fingerprint density at radius 3 is 1.84 bits per heavy atom. The highest BCUT2D eigenvalue weighted by molar-refractivity contribution is 5.59. The topological polar surface area (TPSA) is 22.1 Å². The molecule has 0 radical (unpaired) electrons. The Hall–Kier alpha value is -2.61. The number of ether oxygens (including phenoxy) is 1. The largest absolute Gasteiger partial charge is 0.494 e. The van der Waals surface area contributed by atoms with Gasteiger partial charge in [0.25, 0.3) is 0 Å². The van der Waals surface area contributed by atoms with E-state index in [4.69, 9.17) is 4.74 Å². The summed E-state index contributed by atoms with van der Waals surface area (Å²) >= 11 is 0. The second kappa shape index (κ2) is 12.9. The molecule has 2 nitrogen and oxygen atoms in total. The smallest absolute Gasteiger partial charge is 0.119 e. The zero-order chi connectivity index (χ0) is 21.7. The maximum Gasteiger partial charge on any atom is 0.119 e. The molecule has 1 heterocycles. The lowest BCUT2D eigenvalue weighted by Crippen LogP contribution is -1.97. The second-order valence-corrected chi connectivity index (χ2v) is 8.41. The Balaban J connectivity index is 1.47. The molecule has 2 aromatic carbocycles. The summed E-state index contributed by atoms with van der Waals surface area (Å²) in [4.78, 5) is 4.68. The van der Waals surface area contributed by atoms with E-state index in [2.05, 4.69) is 79.5 Å². The monoisotopic (exact) mass is 415 g/mol. The number of benzene rings is 2. The van der Waals surface area contributed by atoms with Crippen LogP contribution in [0.3, 0.4) is 0 Å². The van der Waals surface area contributed by atoms with Crippen molar-refractivity contribution in [2.45, 2.75) is 71.6 Å². The van der Waals surface area contributed by atoms with E-state index in [0.29, 0.717) is 0 Å². The lowest BCUT2D eigenvalue weighted by Gasteiger charge is -2.08. The zero-order valence-corrected chi connectivity index (χ0v) is 19.3. The molecule has 0 saturated carbocycles. The molecule has 0 atom stereocenters. The molecular formula is C29H37NO. The second-order valence-electron chi connectivity index (χ2n) is 8.41. The van der Waals surface area contributed by atoms with E-state index in [1.165, 1.54) is 54.4 Å². The molecule has 0 saturated heterocycles. The fraction of sp³-hybridized carbons (Fsp3) is 0.414. The minimum absolute atomic E-state index is 0.815. The van der Waals surface area contributed by atoms with E-state index in [0.717, 1.165) is 43.7 Å². The molecule has 0 fully saturated rings. The van der Waals surface area contributed by atoms with Crippen LogP contribution < -0.4 is 4.74 Å². The van der Waals surface area contributed by atoms with E-state index in [9.17, 15) is 0 Å². The van der Waals surface area contributed by atoms with Crippen molar-refractivity contribution in [3.05, 3.63) is 83.6 Å². The van der Waals surface area contributed by atoms with Gasteiger partial charge in [-0.25, -0.2) is 0 Å². The van der Waals surface area contributed by atoms with Crippen molar-refractivity contribution < 1.29 is 4.74 Å². The van der Waals surface area contributed by atoms with Crippen molar-refractivity contribution in [2.24, 2.45) is 0 Å². The molecule has 3 rings (SSSR count). The van der Waals surface area contributed by atoms with E-state index >= 15 is 0 Å². The molecule has 0 amide bonds. The van der Waals surface area contributed by atoms with Crippen LogP contribution in [0.15, 0.2) is 66.9 Å². The van der Waals surface area contributed by atoms with Gasteiger partial charge in [0, 0.05) is 11.8 Å². The zero-order valence-electron chi connectivity index (χ0n) is 19.3. The first-order valence-corrected chi connectivity index (χ1v) is 12.0. The number of unbranched alkanes of at least 4 members (excludes halogenated alkanes) is 4. The normalized spacial score (nSPS) is 10.9. The number of nitrogens with zero attached hydrogens (tertiary/aromatic N) is 1. The highest BCUT2D eigenvalue weighted by atomic mass is 16.5. The lowest BCUT2D eigenvalue weighted by molar-refractivity contribution is 0.306. The summed E-state index contributed by atoms with van der Waals surface area (Å²) in [5.41, 5.74) is 6.30. The fourth-order valence-corrected chi connectivity index (χ4v) is 3.75. The quantitative estimate of drug-likeness (QED) is 0.265. The molecule has 1 aromatic heterocycles. The third kappa shape index (κ3) is 7.86. The van der Waals surface area contributed by atoms with Crippen LogP contribution in [0.2, 0.25) is 0 Å². The van der Waals surface area contributed by atoms with Gasteiger partial charge < -0.3 is 4.74 Å². The molecule has 3 aromatic rings. The summed E-state index contributed by atoms with van der Waals surface area (Å²) in [6.07, 6.45) is 12.6. The first-order chi connectivity index (χ1) is 15.3. The molecule has 0 N–H and O–H groups in total. The number of rotatable bonds is 13. The van der Waals surface area contributed by atoms with Crippen molar-refractivity contribution >= 4 is 0 Å². The van der Waals surface area contributed by atoms with Crippen LogP contribution in [0.4, 0.5) is 0 Å². The third-order valence-electron chi connectivity index (χ3n) is 5.79. The molecule has 0 unspecified atom stereocenters. The molecule has 2 heteroatoms. The Bertz CT molecular complexity index is 866. The Morgan fingerprint density at radius 1 is 0.613 bits per heavy atom. The average Bonchev–Trinajstić information content (AvgIpc) is 2.82. The van der Waals surface area contributed by atoms with E-state index in [1.54, 1.807) is 0 Å². The average molecular weight is 416 g/mol. The molecular weight excluding hydrogens is 378 g/mol. The summed E-state index contributed by atoms with van der Waals surface area (Å²) in [5, 5.41) is 0. The molecule has 0 aliphatic carbocycles. The van der Waals surface area contributed by atoms with E-state index in [1.807, 2.05) is 6.20 Å². The van der Waals surface area contributed by atoms with Crippen LogP contribution >= 0.6 is 0 Å². The molecule has 31 heavy (non-hydrogen) atoms. The number of hydrogen-bond donors (Lipinski definition) is 0. The van der Waals surface area contributed by atoms with Gasteiger partial charge in [0.15, 0.2) is 0 Å². The number of aryl methyl sites for hydroxylation is 3. The number of hydrogen-bond acceptors (Lipinski definition) is 2. The SMILES string of the molecule is CCCCCOc1ccc(CCc2ccc(-c3ccc(CCCCC)cn3)cc2)cc1. The standard InChI is InChI=1S/C29H37NO/c1-3-5-7-9-26-16-21-29(30-23-26)27-17-12-24(13-18-27)10-11-25-14-19-28(20-15-25)31-22-8-6-4-2/h12-21,23H,3-11,22H2,1-2H3. The minimum atomic E-state index is 0.815. The molecule has 0 bridgehead atoms. The van der Waals surface area contributed by atoms with Crippen LogP contribution in [0.5, 0.6) is 5.75 Å². The van der Waals surface area contributed by atoms with Gasteiger partial charge in [0.05, 0.1) is 12.3 Å². The van der Waals surface area contributed by atoms with Crippen LogP contribution in [-0.4, -0.2) is 11.6 Å². The maximum atomic E-state index is 5.81. The highest BCUT2D eigenvalue weighted by Crippen LogP contribution is 2.20. The summed E-state index contributed by atoms with van der Waals surface area (Å²) in [5.74, 6) is 0.980. The van der Waals surface area contributed by atoms with Gasteiger partial charge in [-0.1, -0.05) is 82.0 Å². The third-order valence-corrected chi connectivity index (χ3v) is 5.79.